The zero-order valence-corrected chi connectivity index (χ0v) is 23.4. The standard InChI is InChI=1S/C31H23N3O5S2/c1-17-8-12-21(13-9-17)34-28(36)25-24(22-7-4-14-39-22)27-30(40-26(25)29(34)37)33(31(38)41-27)16-23(35)32-20-11-10-18-5-2-3-6-19(18)15-20/h2-15,24-26H,16H2,1H3,(H,32,35)/t24-,25?,26?/m1/s1. The third-order valence-electron chi connectivity index (χ3n) is 7.53. The number of hydrogen-bond donors (Lipinski definition) is 1. The highest BCUT2D eigenvalue weighted by Crippen LogP contribution is 2.53. The molecule has 1 N–H and O–H groups in total. The summed E-state index contributed by atoms with van der Waals surface area (Å²) in [6.45, 7) is 1.71. The van der Waals surface area contributed by atoms with Crippen molar-refractivity contribution in [2.45, 2.75) is 29.7 Å². The van der Waals surface area contributed by atoms with Gasteiger partial charge in [-0.15, -0.1) is 0 Å². The number of nitrogens with zero attached hydrogens (tertiary/aromatic N) is 2. The number of benzene rings is 3. The van der Waals surface area contributed by atoms with Crippen LogP contribution in [0.5, 0.6) is 0 Å². The second-order valence-corrected chi connectivity index (χ2v) is 12.3. The van der Waals surface area contributed by atoms with Crippen molar-refractivity contribution in [3.8, 4) is 0 Å². The Balaban J connectivity index is 1.23. The smallest absolute Gasteiger partial charge is 0.308 e. The number of carbonyl (C=O) groups is 3. The second kappa shape index (κ2) is 9.90. The van der Waals surface area contributed by atoms with E-state index in [1.807, 2.05) is 61.5 Å². The first kappa shape index (κ1) is 25.6. The summed E-state index contributed by atoms with van der Waals surface area (Å²) < 4.78 is 7.15. The summed E-state index contributed by atoms with van der Waals surface area (Å²) >= 11 is 2.17. The largest absolute Gasteiger partial charge is 0.469 e. The van der Waals surface area contributed by atoms with Crippen LogP contribution in [0.4, 0.5) is 11.4 Å². The Kier molecular flexibility index (Phi) is 6.17. The van der Waals surface area contributed by atoms with E-state index >= 15 is 0 Å². The predicted octanol–water partition coefficient (Wildman–Crippen LogP) is 5.40. The molecule has 0 saturated carbocycles. The molecule has 2 unspecified atom stereocenters. The highest BCUT2D eigenvalue weighted by atomic mass is 32.2. The van der Waals surface area contributed by atoms with E-state index in [0.29, 0.717) is 27.0 Å². The summed E-state index contributed by atoms with van der Waals surface area (Å²) in [7, 11) is 0. The number of aryl methyl sites for hydroxylation is 1. The maximum atomic E-state index is 13.8. The van der Waals surface area contributed by atoms with Crippen LogP contribution in [0, 0.1) is 12.8 Å². The van der Waals surface area contributed by atoms with Gasteiger partial charge in [-0.25, -0.2) is 4.90 Å². The van der Waals surface area contributed by atoms with Crippen molar-refractivity contribution in [1.29, 1.82) is 0 Å². The molecule has 3 amide bonds. The molecular formula is C31H23N3O5S2. The summed E-state index contributed by atoms with van der Waals surface area (Å²) in [5.41, 5.74) is 2.15. The third-order valence-corrected chi connectivity index (χ3v) is 10.1. The highest BCUT2D eigenvalue weighted by molar-refractivity contribution is 8.00. The number of imide groups is 1. The molecule has 41 heavy (non-hydrogen) atoms. The second-order valence-electron chi connectivity index (χ2n) is 10.1. The van der Waals surface area contributed by atoms with Gasteiger partial charge in [0.25, 0.3) is 0 Å². The van der Waals surface area contributed by atoms with E-state index in [4.69, 9.17) is 4.42 Å². The lowest BCUT2D eigenvalue weighted by atomic mass is 9.87. The first-order valence-electron chi connectivity index (χ1n) is 13.1. The molecule has 7 rings (SSSR count). The zero-order chi connectivity index (χ0) is 28.2. The molecule has 4 heterocycles. The van der Waals surface area contributed by atoms with Crippen molar-refractivity contribution >= 4 is 63.0 Å². The van der Waals surface area contributed by atoms with E-state index in [1.54, 1.807) is 24.3 Å². The van der Waals surface area contributed by atoms with Crippen LogP contribution >= 0.6 is 23.1 Å². The predicted molar refractivity (Wildman–Crippen MR) is 159 cm³/mol. The van der Waals surface area contributed by atoms with E-state index in [9.17, 15) is 19.2 Å². The van der Waals surface area contributed by atoms with Crippen molar-refractivity contribution in [2.24, 2.45) is 5.92 Å². The van der Waals surface area contributed by atoms with Gasteiger partial charge in [-0.3, -0.25) is 23.7 Å². The van der Waals surface area contributed by atoms with Crippen LogP contribution < -0.4 is 15.1 Å². The number of rotatable bonds is 5. The SMILES string of the molecule is Cc1ccc(N2C(=O)C3Sc4c(sc(=O)n4CC(=O)Nc4ccc5ccccc5c4)[C@H](c4ccco4)C3C2=O)cc1. The van der Waals surface area contributed by atoms with E-state index in [0.717, 1.165) is 27.7 Å². The number of furan rings is 1. The number of fused-ring (bicyclic) bond motifs is 3. The van der Waals surface area contributed by atoms with Gasteiger partial charge >= 0.3 is 4.87 Å². The maximum absolute atomic E-state index is 13.8. The molecule has 2 aliphatic rings. The van der Waals surface area contributed by atoms with E-state index in [-0.39, 0.29) is 29.1 Å². The van der Waals surface area contributed by atoms with Gasteiger partial charge < -0.3 is 9.73 Å². The van der Waals surface area contributed by atoms with E-state index in [2.05, 4.69) is 5.32 Å². The summed E-state index contributed by atoms with van der Waals surface area (Å²) in [4.78, 5) is 55.5. The minimum absolute atomic E-state index is 0.226. The van der Waals surface area contributed by atoms with Crippen LogP contribution in [0.25, 0.3) is 10.8 Å². The molecule has 0 radical (unpaired) electrons. The fourth-order valence-electron chi connectivity index (χ4n) is 5.59. The molecule has 1 saturated heterocycles. The lowest BCUT2D eigenvalue weighted by molar-refractivity contribution is -0.122. The Morgan fingerprint density at radius 2 is 1.71 bits per heavy atom. The number of aromatic nitrogens is 1. The molecule has 1 fully saturated rings. The number of anilines is 2. The van der Waals surface area contributed by atoms with Crippen molar-refractivity contribution in [3.63, 3.8) is 0 Å². The lowest BCUT2D eigenvalue weighted by Crippen LogP contribution is -2.32. The van der Waals surface area contributed by atoms with Crippen molar-refractivity contribution in [3.05, 3.63) is 111 Å². The van der Waals surface area contributed by atoms with Crippen LogP contribution in [-0.2, 0) is 20.9 Å². The molecule has 8 nitrogen and oxygen atoms in total. The average Bonchev–Trinajstić information content (AvgIpc) is 3.66. The maximum Gasteiger partial charge on any atom is 0.308 e. The van der Waals surface area contributed by atoms with Crippen LogP contribution in [-0.4, -0.2) is 27.5 Å². The number of nitrogens with one attached hydrogen (secondary N) is 1. The summed E-state index contributed by atoms with van der Waals surface area (Å²) in [6, 6.07) is 24.2. The van der Waals surface area contributed by atoms with Crippen LogP contribution in [0.1, 0.15) is 22.1 Å². The monoisotopic (exact) mass is 581 g/mol. The molecule has 3 aromatic carbocycles. The first-order chi connectivity index (χ1) is 19.9. The van der Waals surface area contributed by atoms with Gasteiger partial charge in [-0.05, 0) is 54.1 Å². The minimum Gasteiger partial charge on any atom is -0.469 e. The minimum atomic E-state index is -0.768. The van der Waals surface area contributed by atoms with Gasteiger partial charge in [0.1, 0.15) is 17.6 Å². The highest BCUT2D eigenvalue weighted by Gasteiger charge is 2.57. The van der Waals surface area contributed by atoms with Gasteiger partial charge in [0.2, 0.25) is 17.7 Å². The lowest BCUT2D eigenvalue weighted by Gasteiger charge is -2.29. The molecule has 2 aromatic heterocycles. The molecular weight excluding hydrogens is 558 g/mol. The molecule has 5 aromatic rings. The Hall–Kier alpha value is -4.41. The normalized spacial score (nSPS) is 19.8. The van der Waals surface area contributed by atoms with Gasteiger partial charge in [0.15, 0.2) is 0 Å². The van der Waals surface area contributed by atoms with Gasteiger partial charge in [0.05, 0.1) is 33.7 Å². The molecule has 0 bridgehead atoms. The Labute approximate surface area is 242 Å². The Morgan fingerprint density at radius 1 is 0.927 bits per heavy atom. The van der Waals surface area contributed by atoms with Gasteiger partial charge in [-0.1, -0.05) is 71.1 Å². The molecule has 10 heteroatoms. The Morgan fingerprint density at radius 3 is 2.46 bits per heavy atom. The Bertz CT molecular complexity index is 1890. The van der Waals surface area contributed by atoms with Crippen molar-refractivity contribution in [2.75, 3.05) is 10.2 Å². The first-order valence-corrected chi connectivity index (χ1v) is 14.8. The van der Waals surface area contributed by atoms with Gasteiger partial charge in [0, 0.05) is 5.69 Å². The number of thiazole rings is 1. The van der Waals surface area contributed by atoms with Crippen LogP contribution in [0.3, 0.4) is 0 Å². The topological polar surface area (TPSA) is 102 Å². The molecule has 0 spiro atoms. The molecule has 204 valence electrons. The van der Waals surface area contributed by atoms with Crippen LogP contribution in [0.2, 0.25) is 0 Å². The quantitative estimate of drug-likeness (QED) is 0.279. The van der Waals surface area contributed by atoms with E-state index in [1.165, 1.54) is 27.5 Å². The fourth-order valence-corrected chi connectivity index (χ4v) is 8.34. The number of thioether (sulfide) groups is 1. The molecule has 3 atom stereocenters. The third kappa shape index (κ3) is 4.30. The zero-order valence-electron chi connectivity index (χ0n) is 21.8. The summed E-state index contributed by atoms with van der Waals surface area (Å²) in [5, 5.41) is 4.68. The van der Waals surface area contributed by atoms with Crippen molar-refractivity contribution < 1.29 is 18.8 Å². The van der Waals surface area contributed by atoms with E-state index < -0.39 is 17.1 Å². The number of carbonyl (C=O) groups excluding carboxylic acids is 3. The summed E-state index contributed by atoms with van der Waals surface area (Å²) in [6.07, 6.45) is 1.52. The van der Waals surface area contributed by atoms with Gasteiger partial charge in [-0.2, -0.15) is 0 Å². The van der Waals surface area contributed by atoms with Crippen molar-refractivity contribution in [1.82, 2.24) is 4.57 Å². The average molecular weight is 582 g/mol. The summed E-state index contributed by atoms with van der Waals surface area (Å²) in [5.74, 6) is -1.91. The molecule has 0 aliphatic carbocycles. The molecule has 2 aliphatic heterocycles. The number of amides is 3. The number of hydrogen-bond acceptors (Lipinski definition) is 7. The fraction of sp³-hybridized carbons (Fsp3) is 0.161. The van der Waals surface area contributed by atoms with Crippen LogP contribution in [0.15, 0.2) is 99.4 Å².